The average Bonchev–Trinajstić information content (AvgIpc) is 3.29. The first-order chi connectivity index (χ1) is 13.5. The summed E-state index contributed by atoms with van der Waals surface area (Å²) in [4.78, 5) is 16.3. The normalized spacial score (nSPS) is 11.6. The quantitative estimate of drug-likeness (QED) is 0.297. The van der Waals surface area contributed by atoms with Crippen LogP contribution in [-0.4, -0.2) is 37.6 Å². The van der Waals surface area contributed by atoms with E-state index in [0.717, 1.165) is 0 Å². The third-order valence-corrected chi connectivity index (χ3v) is 4.71. The number of phenols is 3. The molecule has 0 unspecified atom stereocenters. The van der Waals surface area contributed by atoms with Crippen LogP contribution < -0.4 is 10.2 Å². The topological polar surface area (TPSA) is 145 Å². The molecule has 0 spiro atoms. The molecule has 3 heterocycles. The fourth-order valence-corrected chi connectivity index (χ4v) is 3.40. The molecule has 140 valence electrons. The van der Waals surface area contributed by atoms with Crippen LogP contribution in [0.2, 0.25) is 0 Å². The zero-order chi connectivity index (χ0) is 19.6. The van der Waals surface area contributed by atoms with Gasteiger partial charge in [-0.2, -0.15) is 0 Å². The lowest BCUT2D eigenvalue weighted by Gasteiger charge is -2.10. The lowest BCUT2D eigenvalue weighted by Crippen LogP contribution is -1.95. The molecular formula is C19H13N3O6. The number of aromatic nitrogens is 3. The molecule has 5 N–H and O–H groups in total. The van der Waals surface area contributed by atoms with Crippen LogP contribution in [0, 0.1) is 0 Å². The minimum Gasteiger partial charge on any atom is -0.504 e. The second-order valence-corrected chi connectivity index (χ2v) is 6.28. The van der Waals surface area contributed by atoms with Crippen molar-refractivity contribution in [1.82, 2.24) is 15.2 Å². The van der Waals surface area contributed by atoms with Gasteiger partial charge in [-0.25, -0.2) is 4.98 Å². The molecular weight excluding hydrogens is 366 g/mol. The van der Waals surface area contributed by atoms with Gasteiger partial charge < -0.3 is 29.6 Å². The maximum absolute atomic E-state index is 11.8. The third-order valence-electron chi connectivity index (χ3n) is 4.71. The Labute approximate surface area is 155 Å². The van der Waals surface area contributed by atoms with Gasteiger partial charge in [-0.1, -0.05) is 0 Å². The van der Waals surface area contributed by atoms with Gasteiger partial charge in [-0.15, -0.1) is 0 Å². The van der Waals surface area contributed by atoms with E-state index in [1.165, 1.54) is 25.3 Å². The highest BCUT2D eigenvalue weighted by atomic mass is 16.5. The van der Waals surface area contributed by atoms with E-state index in [1.54, 1.807) is 12.3 Å². The van der Waals surface area contributed by atoms with Crippen LogP contribution in [0.1, 0.15) is 0 Å². The van der Waals surface area contributed by atoms with Gasteiger partial charge in [0, 0.05) is 17.1 Å². The first-order valence-corrected chi connectivity index (χ1v) is 8.24. The SMILES string of the molecule is COc1cc(-c2c3c[nH][nH]c3nc3c2oc2c(O)c(=O)ccc23)cc(O)c1O. The highest BCUT2D eigenvalue weighted by Gasteiger charge is 2.22. The van der Waals surface area contributed by atoms with E-state index in [1.807, 2.05) is 0 Å². The molecule has 0 bridgehead atoms. The molecule has 0 saturated carbocycles. The average molecular weight is 379 g/mol. The van der Waals surface area contributed by atoms with Crippen molar-refractivity contribution in [2.75, 3.05) is 7.11 Å². The molecule has 28 heavy (non-hydrogen) atoms. The lowest BCUT2D eigenvalue weighted by atomic mass is 10.0. The standard InChI is InChI=1S/C19H13N3O6/c1-27-12-5-7(4-11(24)15(12)25)13-9-6-20-22-19(9)21-14-8-2-3-10(23)16(26)17(8)28-18(13)14/h2-6,24-26H,1H3,(H2,20,21,22). The predicted molar refractivity (Wildman–Crippen MR) is 101 cm³/mol. The van der Waals surface area contributed by atoms with Crippen LogP contribution in [0.4, 0.5) is 0 Å². The van der Waals surface area contributed by atoms with E-state index < -0.39 is 11.2 Å². The number of hydrogen-bond acceptors (Lipinski definition) is 7. The molecule has 5 rings (SSSR count). The number of nitrogens with zero attached hydrogens (tertiary/aromatic N) is 1. The van der Waals surface area contributed by atoms with Crippen LogP contribution in [0.3, 0.4) is 0 Å². The number of H-pyrrole nitrogens is 2. The Balaban J connectivity index is 1.99. The number of rotatable bonds is 2. The van der Waals surface area contributed by atoms with Gasteiger partial charge in [-0.3, -0.25) is 9.89 Å². The Hall–Kier alpha value is -4.14. The number of fused-ring (bicyclic) bond motifs is 4. The number of methoxy groups -OCH3 is 1. The Morgan fingerprint density at radius 2 is 1.89 bits per heavy atom. The summed E-state index contributed by atoms with van der Waals surface area (Å²) in [7, 11) is 1.37. The number of benzene rings is 2. The first kappa shape index (κ1) is 16.1. The molecule has 0 aliphatic rings. The Kier molecular flexibility index (Phi) is 3.11. The lowest BCUT2D eigenvalue weighted by molar-refractivity contribution is 0.351. The largest absolute Gasteiger partial charge is 0.504 e. The van der Waals surface area contributed by atoms with Gasteiger partial charge in [0.15, 0.2) is 28.3 Å². The molecule has 0 amide bonds. The van der Waals surface area contributed by atoms with Crippen LogP contribution in [0.5, 0.6) is 23.0 Å². The zero-order valence-corrected chi connectivity index (χ0v) is 14.4. The fourth-order valence-electron chi connectivity index (χ4n) is 3.40. The molecule has 0 radical (unpaired) electrons. The van der Waals surface area contributed by atoms with Crippen molar-refractivity contribution in [2.45, 2.75) is 0 Å². The second kappa shape index (κ2) is 5.43. The molecule has 2 aromatic carbocycles. The van der Waals surface area contributed by atoms with E-state index in [9.17, 15) is 20.1 Å². The summed E-state index contributed by atoms with van der Waals surface area (Å²) in [5, 5.41) is 37.1. The molecule has 0 saturated heterocycles. The van der Waals surface area contributed by atoms with Crippen LogP contribution >= 0.6 is 0 Å². The Morgan fingerprint density at radius 1 is 1.07 bits per heavy atom. The minimum atomic E-state index is -0.559. The number of nitrogens with one attached hydrogen (secondary N) is 2. The summed E-state index contributed by atoms with van der Waals surface area (Å²) < 4.78 is 11.0. The van der Waals surface area contributed by atoms with Gasteiger partial charge in [0.05, 0.1) is 12.5 Å². The van der Waals surface area contributed by atoms with Crippen molar-refractivity contribution < 1.29 is 24.5 Å². The van der Waals surface area contributed by atoms with Crippen molar-refractivity contribution in [3.63, 3.8) is 0 Å². The second-order valence-electron chi connectivity index (χ2n) is 6.28. The zero-order valence-electron chi connectivity index (χ0n) is 14.4. The van der Waals surface area contributed by atoms with E-state index in [-0.39, 0.29) is 22.8 Å². The van der Waals surface area contributed by atoms with E-state index >= 15 is 0 Å². The summed E-state index contributed by atoms with van der Waals surface area (Å²) >= 11 is 0. The van der Waals surface area contributed by atoms with Crippen LogP contribution in [0.15, 0.2) is 39.7 Å². The van der Waals surface area contributed by atoms with Crippen molar-refractivity contribution >= 4 is 33.1 Å². The van der Waals surface area contributed by atoms with Gasteiger partial charge in [0.2, 0.25) is 16.9 Å². The number of phenolic OH excluding ortho intramolecular Hbond substituents is 3. The van der Waals surface area contributed by atoms with E-state index in [0.29, 0.717) is 38.6 Å². The van der Waals surface area contributed by atoms with Gasteiger partial charge >= 0.3 is 0 Å². The summed E-state index contributed by atoms with van der Waals surface area (Å²) in [6, 6.07) is 5.69. The van der Waals surface area contributed by atoms with Gasteiger partial charge in [0.1, 0.15) is 5.52 Å². The van der Waals surface area contributed by atoms with Crippen molar-refractivity contribution in [3.05, 3.63) is 40.7 Å². The van der Waals surface area contributed by atoms with Crippen molar-refractivity contribution in [1.29, 1.82) is 0 Å². The molecule has 3 aromatic heterocycles. The van der Waals surface area contributed by atoms with Crippen molar-refractivity contribution in [3.8, 4) is 34.1 Å². The smallest absolute Gasteiger partial charge is 0.224 e. The minimum absolute atomic E-state index is 0.0304. The molecule has 0 aliphatic carbocycles. The summed E-state index contributed by atoms with van der Waals surface area (Å²) in [6.07, 6.45) is 1.67. The predicted octanol–water partition coefficient (Wildman–Crippen LogP) is 2.94. The van der Waals surface area contributed by atoms with Crippen molar-refractivity contribution in [2.24, 2.45) is 0 Å². The number of pyridine rings is 1. The summed E-state index contributed by atoms with van der Waals surface area (Å²) in [6.45, 7) is 0. The number of hydrogen-bond donors (Lipinski definition) is 5. The van der Waals surface area contributed by atoms with Crippen LogP contribution in [0.25, 0.3) is 44.2 Å². The molecule has 0 aliphatic heterocycles. The molecule has 0 fully saturated rings. The number of aromatic hydroxyl groups is 3. The molecule has 9 nitrogen and oxygen atoms in total. The Morgan fingerprint density at radius 3 is 2.68 bits per heavy atom. The number of aromatic amines is 2. The maximum Gasteiger partial charge on any atom is 0.224 e. The number of furan rings is 1. The fraction of sp³-hybridized carbons (Fsp3) is 0.0526. The highest BCUT2D eigenvalue weighted by molar-refractivity contribution is 6.15. The monoisotopic (exact) mass is 379 g/mol. The highest BCUT2D eigenvalue weighted by Crippen LogP contribution is 2.45. The maximum atomic E-state index is 11.8. The van der Waals surface area contributed by atoms with Crippen LogP contribution in [-0.2, 0) is 0 Å². The van der Waals surface area contributed by atoms with Gasteiger partial charge in [-0.05, 0) is 29.8 Å². The molecule has 9 heteroatoms. The number of ether oxygens (including phenoxy) is 1. The van der Waals surface area contributed by atoms with Gasteiger partial charge in [0.25, 0.3) is 0 Å². The molecule has 0 atom stereocenters. The molecule has 5 aromatic rings. The first-order valence-electron chi connectivity index (χ1n) is 8.24. The Bertz CT molecular complexity index is 1460. The summed E-state index contributed by atoms with van der Waals surface area (Å²) in [5.41, 5.74) is 1.73. The summed E-state index contributed by atoms with van der Waals surface area (Å²) in [5.74, 6) is -1.17. The van der Waals surface area contributed by atoms with E-state index in [4.69, 9.17) is 9.15 Å². The van der Waals surface area contributed by atoms with E-state index in [2.05, 4.69) is 15.2 Å². The third kappa shape index (κ3) is 2.01.